The smallest absolute Gasteiger partial charge is 0 e. The van der Waals surface area contributed by atoms with Crippen molar-refractivity contribution in [2.75, 3.05) is 0 Å². The van der Waals surface area contributed by atoms with E-state index in [1.54, 1.807) is 0 Å². The summed E-state index contributed by atoms with van der Waals surface area (Å²) in [6, 6.07) is 0. The molecule has 6 heavy (non-hydrogen) atoms. The number of hydrogen-bond donors (Lipinski definition) is 0. The summed E-state index contributed by atoms with van der Waals surface area (Å²) in [6.45, 7) is 3.06. The summed E-state index contributed by atoms with van der Waals surface area (Å²) in [5.41, 5.74) is 0. The summed E-state index contributed by atoms with van der Waals surface area (Å²) < 4.78 is 0. The van der Waals surface area contributed by atoms with Crippen LogP contribution in [0.3, 0.4) is 0 Å². The van der Waals surface area contributed by atoms with Crippen LogP contribution in [0, 0.1) is 0 Å². The molecule has 30 valence electrons. The van der Waals surface area contributed by atoms with Gasteiger partial charge in [0.1, 0.15) is 0 Å². The van der Waals surface area contributed by atoms with Crippen molar-refractivity contribution < 1.29 is 59.9 Å². The van der Waals surface area contributed by atoms with Crippen LogP contribution in [0.5, 0.6) is 0 Å². The molecule has 0 atom stereocenters. The van der Waals surface area contributed by atoms with E-state index in [2.05, 4.69) is 6.58 Å². The van der Waals surface area contributed by atoms with E-state index in [0.29, 0.717) is 0 Å². The van der Waals surface area contributed by atoms with Crippen LogP contribution in [0.2, 0.25) is 0 Å². The van der Waals surface area contributed by atoms with Crippen LogP contribution in [-0.2, 0) is 59.9 Å². The van der Waals surface area contributed by atoms with E-state index in [0.717, 1.165) is 6.08 Å². The van der Waals surface area contributed by atoms with Gasteiger partial charge in [-0.1, -0.05) is 0 Å². The van der Waals surface area contributed by atoms with E-state index in [-0.39, 0.29) is 55.1 Å². The summed E-state index contributed by atoms with van der Waals surface area (Å²) in [7, 11) is 0. The minimum Gasteiger partial charge on any atom is -0.419 e. The van der Waals surface area contributed by atoms with Crippen molar-refractivity contribution in [1.29, 1.82) is 0 Å². The van der Waals surface area contributed by atoms with Crippen LogP contribution < -0.4 is 0 Å². The molecule has 0 aliphatic rings. The molecule has 0 aliphatic carbocycles. The molecule has 0 rings (SSSR count). The van der Waals surface area contributed by atoms with Crippen LogP contribution in [0.1, 0.15) is 0 Å². The zero-order valence-electron chi connectivity index (χ0n) is 3.22. The molecule has 0 N–H and O–H groups in total. The van der Waals surface area contributed by atoms with Gasteiger partial charge in [-0.15, -0.1) is 0 Å². The molecule has 0 fully saturated rings. The van der Waals surface area contributed by atoms with Crippen LogP contribution in [-0.4, -0.2) is 6.29 Å². The predicted octanol–water partition coefficient (Wildman–Crippen LogP) is 0.277. The average Bonchev–Trinajstić information content (AvgIpc) is 1.37. The van der Waals surface area contributed by atoms with Crippen LogP contribution in [0.25, 0.3) is 0 Å². The SMILES string of the molecule is C=C[C-]=O.[Nb].[Y]. The Morgan fingerprint density at radius 3 is 1.83 bits per heavy atom. The van der Waals surface area contributed by atoms with Gasteiger partial charge in [0.15, 0.2) is 0 Å². The van der Waals surface area contributed by atoms with E-state index in [1.165, 1.54) is 6.29 Å². The van der Waals surface area contributed by atoms with Crippen molar-refractivity contribution in [1.82, 2.24) is 0 Å². The number of rotatable bonds is 1. The van der Waals surface area contributed by atoms with Gasteiger partial charge in [0.2, 0.25) is 0 Å². The second-order valence-corrected chi connectivity index (χ2v) is 0.322. The van der Waals surface area contributed by atoms with Crippen LogP contribution in [0.15, 0.2) is 12.7 Å². The first-order valence-electron chi connectivity index (χ1n) is 0.901. The van der Waals surface area contributed by atoms with Gasteiger partial charge in [0, 0.05) is 55.1 Å². The van der Waals surface area contributed by atoms with Crippen molar-refractivity contribution in [2.24, 2.45) is 0 Å². The molecule has 3 heteroatoms. The van der Waals surface area contributed by atoms with Crippen molar-refractivity contribution in [3.8, 4) is 0 Å². The molecule has 1 nitrogen and oxygen atoms in total. The van der Waals surface area contributed by atoms with Gasteiger partial charge in [0.25, 0.3) is 0 Å². The molecule has 0 unspecified atom stereocenters. The molecule has 2 radical (unpaired) electrons. The van der Waals surface area contributed by atoms with E-state index >= 15 is 0 Å². The Hall–Kier alpha value is 1.25. The Bertz CT molecular complexity index is 31.8. The minimum absolute atomic E-state index is 0. The first-order valence-corrected chi connectivity index (χ1v) is 0.901. The Balaban J connectivity index is -0.0000000450. The third kappa shape index (κ3) is 18.7. The summed E-state index contributed by atoms with van der Waals surface area (Å²) >= 11 is 0. The Labute approximate surface area is 78.0 Å². The maximum Gasteiger partial charge on any atom is 0 e. The summed E-state index contributed by atoms with van der Waals surface area (Å²) in [5, 5.41) is 0. The van der Waals surface area contributed by atoms with Crippen LogP contribution in [0.4, 0.5) is 0 Å². The molecular weight excluding hydrogens is 234 g/mol. The van der Waals surface area contributed by atoms with Gasteiger partial charge in [-0.05, 0) is 6.29 Å². The van der Waals surface area contributed by atoms with Gasteiger partial charge in [-0.3, -0.25) is 0 Å². The second-order valence-electron chi connectivity index (χ2n) is 0.322. The maximum absolute atomic E-state index is 8.93. The fraction of sp³-hybridized carbons (Fsp3) is 0. The fourth-order valence-corrected chi connectivity index (χ4v) is 0. The zero-order valence-corrected chi connectivity index (χ0v) is 8.25. The summed E-state index contributed by atoms with van der Waals surface area (Å²) in [5.74, 6) is 0. The molecule has 0 saturated carbocycles. The molecule has 0 aromatic rings. The topological polar surface area (TPSA) is 17.1 Å². The molecule has 0 bridgehead atoms. The number of hydrogen-bond acceptors (Lipinski definition) is 1. The third-order valence-electron chi connectivity index (χ3n) is 0.0833. The van der Waals surface area contributed by atoms with Gasteiger partial charge >= 0.3 is 0 Å². The Morgan fingerprint density at radius 1 is 1.67 bits per heavy atom. The van der Waals surface area contributed by atoms with Gasteiger partial charge in [-0.25, -0.2) is 12.7 Å². The van der Waals surface area contributed by atoms with Gasteiger partial charge in [-0.2, -0.15) is 0 Å². The molecule has 0 aromatic carbocycles. The van der Waals surface area contributed by atoms with Gasteiger partial charge in [0.05, 0.1) is 0 Å². The normalized spacial score (nSPS) is 3.33. The van der Waals surface area contributed by atoms with E-state index < -0.39 is 0 Å². The molecule has 0 amide bonds. The Kier molecular flexibility index (Phi) is 42.6. The van der Waals surface area contributed by atoms with Crippen molar-refractivity contribution in [3.63, 3.8) is 0 Å². The summed E-state index contributed by atoms with van der Waals surface area (Å²) in [4.78, 5) is 8.93. The maximum atomic E-state index is 8.93. The molecule has 0 spiro atoms. The second kappa shape index (κ2) is 16.3. The third-order valence-corrected chi connectivity index (χ3v) is 0.0833. The van der Waals surface area contributed by atoms with Crippen molar-refractivity contribution in [3.05, 3.63) is 12.7 Å². The van der Waals surface area contributed by atoms with Crippen LogP contribution >= 0.6 is 0 Å². The summed E-state index contributed by atoms with van der Waals surface area (Å²) in [6.07, 6.45) is 2.51. The molecule has 0 aliphatic heterocycles. The molecule has 0 heterocycles. The fourth-order valence-electron chi connectivity index (χ4n) is 0. The average molecular weight is 237 g/mol. The van der Waals surface area contributed by atoms with Crippen molar-refractivity contribution >= 4 is 6.29 Å². The predicted molar refractivity (Wildman–Crippen MR) is 15.9 cm³/mol. The van der Waals surface area contributed by atoms with Crippen molar-refractivity contribution in [2.45, 2.75) is 0 Å². The van der Waals surface area contributed by atoms with E-state index in [4.69, 9.17) is 4.79 Å². The standard InChI is InChI=1S/C3H3O.Nb.Y/c1-2-3-4;;/h2H,1H2;;/q-1;;. The number of allylic oxidation sites excluding steroid dienone is 1. The zero-order chi connectivity index (χ0) is 3.41. The van der Waals surface area contributed by atoms with E-state index in [9.17, 15) is 0 Å². The monoisotopic (exact) mass is 237 g/mol. The first kappa shape index (κ1) is 15.7. The molecular formula is C3H3NbOY-. The Morgan fingerprint density at radius 2 is 1.83 bits per heavy atom. The number of carbonyl (C=O) groups excluding carboxylic acids is 1. The minimum atomic E-state index is 0. The molecule has 0 aromatic heterocycles. The quantitative estimate of drug-likeness (QED) is 0.363. The first-order chi connectivity index (χ1) is 1.91. The largest absolute Gasteiger partial charge is 0.419 e. The van der Waals surface area contributed by atoms with E-state index in [1.807, 2.05) is 0 Å². The van der Waals surface area contributed by atoms with Gasteiger partial charge < -0.3 is 4.79 Å². The molecule has 0 saturated heterocycles.